The van der Waals surface area contributed by atoms with E-state index in [1.807, 2.05) is 7.05 Å². The summed E-state index contributed by atoms with van der Waals surface area (Å²) in [7, 11) is 1.86. The number of hydrogen-bond acceptors (Lipinski definition) is 2. The van der Waals surface area contributed by atoms with Gasteiger partial charge in [-0.25, -0.2) is 0 Å². The van der Waals surface area contributed by atoms with Crippen molar-refractivity contribution < 1.29 is 4.79 Å². The van der Waals surface area contributed by atoms with Gasteiger partial charge in [-0.2, -0.15) is 0 Å². The van der Waals surface area contributed by atoms with Crippen LogP contribution in [0, 0.1) is 17.8 Å². The van der Waals surface area contributed by atoms with Gasteiger partial charge >= 0.3 is 0 Å². The van der Waals surface area contributed by atoms with E-state index in [4.69, 9.17) is 0 Å². The first-order chi connectivity index (χ1) is 12.7. The second kappa shape index (κ2) is 8.18. The molecule has 4 aliphatic rings. The summed E-state index contributed by atoms with van der Waals surface area (Å²) in [6.45, 7) is 1.74. The van der Waals surface area contributed by atoms with Crippen LogP contribution in [-0.2, 0) is 4.79 Å². The van der Waals surface area contributed by atoms with E-state index < -0.39 is 0 Å². The van der Waals surface area contributed by atoms with E-state index in [0.29, 0.717) is 23.9 Å². The smallest absolute Gasteiger partial charge is 0.225 e. The molecule has 3 unspecified atom stereocenters. The van der Waals surface area contributed by atoms with E-state index in [0.717, 1.165) is 50.1 Å². The van der Waals surface area contributed by atoms with Gasteiger partial charge in [0.05, 0.1) is 0 Å². The maximum Gasteiger partial charge on any atom is 0.225 e. The van der Waals surface area contributed by atoms with E-state index in [-0.39, 0.29) is 0 Å². The molecule has 26 heavy (non-hydrogen) atoms. The number of hydrogen-bond donors (Lipinski definition) is 2. The standard InChI is InChI=1S/C21H36N4O/c1-22-21(24-19-13-18(19)15-7-3-2-4-8-15)23-17-11-12-25(14-17)20(26)16-9-5-6-10-16/h15-19H,2-14H2,1H3,(H2,22,23,24). The Morgan fingerprint density at radius 2 is 1.69 bits per heavy atom. The fourth-order valence-corrected chi connectivity index (χ4v) is 5.51. The molecule has 1 amide bonds. The van der Waals surface area contributed by atoms with Gasteiger partial charge in [-0.1, -0.05) is 44.9 Å². The van der Waals surface area contributed by atoms with Gasteiger partial charge < -0.3 is 15.5 Å². The van der Waals surface area contributed by atoms with E-state index in [2.05, 4.69) is 20.5 Å². The highest BCUT2D eigenvalue weighted by atomic mass is 16.2. The number of likely N-dealkylation sites (tertiary alicyclic amines) is 1. The average molecular weight is 361 g/mol. The lowest BCUT2D eigenvalue weighted by Gasteiger charge is -2.23. The number of nitrogens with one attached hydrogen (secondary N) is 2. The van der Waals surface area contributed by atoms with Crippen LogP contribution in [0.4, 0.5) is 0 Å². The third kappa shape index (κ3) is 4.17. The number of amides is 1. The quantitative estimate of drug-likeness (QED) is 0.599. The molecule has 0 spiro atoms. The Kier molecular flexibility index (Phi) is 5.70. The minimum atomic E-state index is 0.300. The third-order valence-corrected chi connectivity index (χ3v) is 7.19. The number of nitrogens with zero attached hydrogens (tertiary/aromatic N) is 2. The number of aliphatic imine (C=N–C) groups is 1. The zero-order valence-corrected chi connectivity index (χ0v) is 16.4. The maximum atomic E-state index is 12.6. The Balaban J connectivity index is 1.21. The van der Waals surface area contributed by atoms with E-state index in [1.54, 1.807) is 0 Å². The molecule has 5 nitrogen and oxygen atoms in total. The summed E-state index contributed by atoms with van der Waals surface area (Å²) in [4.78, 5) is 19.1. The highest BCUT2D eigenvalue weighted by Crippen LogP contribution is 2.44. The minimum absolute atomic E-state index is 0.300. The van der Waals surface area contributed by atoms with Crippen molar-refractivity contribution in [3.8, 4) is 0 Å². The molecule has 146 valence electrons. The Morgan fingerprint density at radius 3 is 2.42 bits per heavy atom. The first-order valence-electron chi connectivity index (χ1n) is 11.0. The number of rotatable bonds is 4. The zero-order chi connectivity index (χ0) is 17.9. The average Bonchev–Trinajstić information content (AvgIpc) is 3.05. The molecular formula is C21H36N4O. The summed E-state index contributed by atoms with van der Waals surface area (Å²) in [5, 5.41) is 7.23. The zero-order valence-electron chi connectivity index (χ0n) is 16.4. The van der Waals surface area contributed by atoms with Gasteiger partial charge in [-0.15, -0.1) is 0 Å². The molecule has 3 aliphatic carbocycles. The number of carbonyl (C=O) groups excluding carboxylic acids is 1. The van der Waals surface area contributed by atoms with Gasteiger partial charge in [0.25, 0.3) is 0 Å². The summed E-state index contributed by atoms with van der Waals surface area (Å²) in [5.74, 6) is 3.43. The Labute approximate surface area is 158 Å². The van der Waals surface area contributed by atoms with Crippen LogP contribution in [0.15, 0.2) is 4.99 Å². The van der Waals surface area contributed by atoms with Gasteiger partial charge in [-0.3, -0.25) is 9.79 Å². The van der Waals surface area contributed by atoms with Crippen LogP contribution < -0.4 is 10.6 Å². The predicted octanol–water partition coefficient (Wildman–Crippen LogP) is 2.91. The van der Waals surface area contributed by atoms with Gasteiger partial charge in [0, 0.05) is 38.1 Å². The normalized spacial score (nSPS) is 33.5. The minimum Gasteiger partial charge on any atom is -0.353 e. The summed E-state index contributed by atoms with van der Waals surface area (Å²) in [5.41, 5.74) is 0. The highest BCUT2D eigenvalue weighted by molar-refractivity contribution is 5.82. The first kappa shape index (κ1) is 18.1. The van der Waals surface area contributed by atoms with Crippen molar-refractivity contribution in [1.29, 1.82) is 0 Å². The fraction of sp³-hybridized carbons (Fsp3) is 0.905. The number of guanidine groups is 1. The maximum absolute atomic E-state index is 12.6. The van der Waals surface area contributed by atoms with Gasteiger partial charge in [-0.05, 0) is 37.5 Å². The first-order valence-corrected chi connectivity index (χ1v) is 11.0. The van der Waals surface area contributed by atoms with Crippen LogP contribution in [0.25, 0.3) is 0 Å². The number of carbonyl (C=O) groups is 1. The molecule has 3 atom stereocenters. The second-order valence-electron chi connectivity index (χ2n) is 9.02. The molecule has 0 aromatic rings. The molecule has 4 rings (SSSR count). The van der Waals surface area contributed by atoms with Crippen LogP contribution in [0.2, 0.25) is 0 Å². The molecule has 0 aromatic heterocycles. The van der Waals surface area contributed by atoms with Crippen molar-refractivity contribution in [2.45, 2.75) is 82.7 Å². The molecule has 5 heteroatoms. The Bertz CT molecular complexity index is 522. The predicted molar refractivity (Wildman–Crippen MR) is 105 cm³/mol. The van der Waals surface area contributed by atoms with Crippen LogP contribution in [0.5, 0.6) is 0 Å². The Morgan fingerprint density at radius 1 is 0.962 bits per heavy atom. The van der Waals surface area contributed by atoms with Crippen molar-refractivity contribution >= 4 is 11.9 Å². The molecule has 0 aromatic carbocycles. The molecule has 1 heterocycles. The molecule has 0 bridgehead atoms. The van der Waals surface area contributed by atoms with E-state index in [1.165, 1.54) is 51.4 Å². The van der Waals surface area contributed by atoms with Crippen molar-refractivity contribution in [3.05, 3.63) is 0 Å². The lowest BCUT2D eigenvalue weighted by Crippen LogP contribution is -2.46. The Hall–Kier alpha value is -1.26. The van der Waals surface area contributed by atoms with Crippen LogP contribution in [0.1, 0.15) is 70.6 Å². The summed E-state index contributed by atoms with van der Waals surface area (Å²) in [6.07, 6.45) is 14.1. The lowest BCUT2D eigenvalue weighted by molar-refractivity contribution is -0.134. The fourth-order valence-electron chi connectivity index (χ4n) is 5.51. The molecule has 0 radical (unpaired) electrons. The van der Waals surface area contributed by atoms with Crippen LogP contribution in [-0.4, -0.2) is 49.0 Å². The van der Waals surface area contributed by atoms with Gasteiger partial charge in [0.2, 0.25) is 5.91 Å². The summed E-state index contributed by atoms with van der Waals surface area (Å²) in [6, 6.07) is 0.959. The molecule has 4 fully saturated rings. The van der Waals surface area contributed by atoms with Crippen molar-refractivity contribution in [1.82, 2.24) is 15.5 Å². The van der Waals surface area contributed by atoms with Crippen molar-refractivity contribution in [2.24, 2.45) is 22.7 Å². The SMILES string of the molecule is CN=C(NC1CCN(C(=O)C2CCCC2)C1)NC1CC1C1CCCCC1. The summed E-state index contributed by atoms with van der Waals surface area (Å²) < 4.78 is 0. The second-order valence-corrected chi connectivity index (χ2v) is 9.02. The van der Waals surface area contributed by atoms with Gasteiger partial charge in [0.1, 0.15) is 0 Å². The lowest BCUT2D eigenvalue weighted by atomic mass is 9.85. The molecule has 3 saturated carbocycles. The van der Waals surface area contributed by atoms with Crippen LogP contribution >= 0.6 is 0 Å². The third-order valence-electron chi connectivity index (χ3n) is 7.19. The monoisotopic (exact) mass is 360 g/mol. The molecule has 1 saturated heterocycles. The summed E-state index contributed by atoms with van der Waals surface area (Å²) >= 11 is 0. The topological polar surface area (TPSA) is 56.7 Å². The van der Waals surface area contributed by atoms with Crippen molar-refractivity contribution in [3.63, 3.8) is 0 Å². The largest absolute Gasteiger partial charge is 0.353 e. The highest BCUT2D eigenvalue weighted by Gasteiger charge is 2.43. The van der Waals surface area contributed by atoms with Gasteiger partial charge in [0.15, 0.2) is 5.96 Å². The van der Waals surface area contributed by atoms with E-state index in [9.17, 15) is 4.79 Å². The van der Waals surface area contributed by atoms with Crippen LogP contribution in [0.3, 0.4) is 0 Å². The molecule has 2 N–H and O–H groups in total. The van der Waals surface area contributed by atoms with Crippen molar-refractivity contribution in [2.75, 3.05) is 20.1 Å². The molecule has 1 aliphatic heterocycles. The molecular weight excluding hydrogens is 324 g/mol. The van der Waals surface area contributed by atoms with E-state index >= 15 is 0 Å².